The van der Waals surface area contributed by atoms with Gasteiger partial charge in [0.1, 0.15) is 5.60 Å². The molecule has 1 saturated carbocycles. The SMILES string of the molecule is CC(C)CC(O)(CC(C)C)[C@]1(O)C[C@H](C)CCC1=O. The van der Waals surface area contributed by atoms with Gasteiger partial charge in [0.15, 0.2) is 11.4 Å². The average Bonchev–Trinajstić information content (AvgIpc) is 2.21. The molecule has 1 rings (SSSR count). The molecular weight excluding hydrogens is 240 g/mol. The molecule has 0 aromatic carbocycles. The molecule has 112 valence electrons. The van der Waals surface area contributed by atoms with Crippen LogP contribution in [0.1, 0.15) is 66.7 Å². The molecule has 1 aliphatic carbocycles. The van der Waals surface area contributed by atoms with Crippen LogP contribution < -0.4 is 0 Å². The van der Waals surface area contributed by atoms with E-state index >= 15 is 0 Å². The molecule has 0 saturated heterocycles. The highest BCUT2D eigenvalue weighted by Crippen LogP contribution is 2.43. The van der Waals surface area contributed by atoms with Crippen molar-refractivity contribution < 1.29 is 15.0 Å². The van der Waals surface area contributed by atoms with Crippen molar-refractivity contribution in [2.24, 2.45) is 17.8 Å². The molecule has 19 heavy (non-hydrogen) atoms. The van der Waals surface area contributed by atoms with Gasteiger partial charge in [-0.25, -0.2) is 0 Å². The first-order valence-electron chi connectivity index (χ1n) is 7.59. The number of hydrogen-bond donors (Lipinski definition) is 2. The van der Waals surface area contributed by atoms with Crippen LogP contribution in [0.2, 0.25) is 0 Å². The highest BCUT2D eigenvalue weighted by atomic mass is 16.4. The molecule has 3 nitrogen and oxygen atoms in total. The molecule has 3 heteroatoms. The van der Waals surface area contributed by atoms with Gasteiger partial charge >= 0.3 is 0 Å². The van der Waals surface area contributed by atoms with Crippen LogP contribution in [0.3, 0.4) is 0 Å². The second-order valence-electron chi connectivity index (χ2n) is 7.36. The summed E-state index contributed by atoms with van der Waals surface area (Å²) >= 11 is 0. The summed E-state index contributed by atoms with van der Waals surface area (Å²) < 4.78 is 0. The first kappa shape index (κ1) is 16.6. The van der Waals surface area contributed by atoms with E-state index in [1.807, 2.05) is 34.6 Å². The van der Waals surface area contributed by atoms with Crippen LogP contribution in [-0.2, 0) is 4.79 Å². The third kappa shape index (κ3) is 3.57. The second kappa shape index (κ2) is 5.92. The first-order valence-corrected chi connectivity index (χ1v) is 7.59. The van der Waals surface area contributed by atoms with Gasteiger partial charge < -0.3 is 10.2 Å². The normalized spacial score (nSPS) is 29.3. The number of ketones is 1. The van der Waals surface area contributed by atoms with Crippen LogP contribution in [0, 0.1) is 17.8 Å². The lowest BCUT2D eigenvalue weighted by molar-refractivity contribution is -0.193. The molecule has 0 heterocycles. The van der Waals surface area contributed by atoms with Gasteiger partial charge in [-0.1, -0.05) is 34.6 Å². The average molecular weight is 270 g/mol. The maximum Gasteiger partial charge on any atom is 0.167 e. The van der Waals surface area contributed by atoms with Gasteiger partial charge in [-0.15, -0.1) is 0 Å². The molecule has 0 amide bonds. The summed E-state index contributed by atoms with van der Waals surface area (Å²) in [5.41, 5.74) is -2.85. The largest absolute Gasteiger partial charge is 0.386 e. The van der Waals surface area contributed by atoms with E-state index in [-0.39, 0.29) is 23.5 Å². The summed E-state index contributed by atoms with van der Waals surface area (Å²) in [4.78, 5) is 12.3. The van der Waals surface area contributed by atoms with E-state index in [0.29, 0.717) is 25.7 Å². The van der Waals surface area contributed by atoms with Crippen LogP contribution in [-0.4, -0.2) is 27.2 Å². The van der Waals surface area contributed by atoms with Crippen molar-refractivity contribution in [2.45, 2.75) is 77.9 Å². The van der Waals surface area contributed by atoms with Crippen LogP contribution in [0.25, 0.3) is 0 Å². The zero-order chi connectivity index (χ0) is 14.8. The van der Waals surface area contributed by atoms with E-state index < -0.39 is 11.2 Å². The summed E-state index contributed by atoms with van der Waals surface area (Å²) in [7, 11) is 0. The van der Waals surface area contributed by atoms with Gasteiger partial charge in [0.2, 0.25) is 0 Å². The summed E-state index contributed by atoms with van der Waals surface area (Å²) in [5, 5.41) is 22.0. The third-order valence-corrected chi connectivity index (χ3v) is 4.23. The fourth-order valence-corrected chi connectivity index (χ4v) is 3.53. The molecule has 0 spiro atoms. The minimum Gasteiger partial charge on any atom is -0.386 e. The topological polar surface area (TPSA) is 57.5 Å². The van der Waals surface area contributed by atoms with Crippen molar-refractivity contribution in [3.8, 4) is 0 Å². The zero-order valence-corrected chi connectivity index (χ0v) is 13.1. The maximum atomic E-state index is 12.3. The minimum absolute atomic E-state index is 0.172. The second-order valence-corrected chi connectivity index (χ2v) is 7.36. The third-order valence-electron chi connectivity index (χ3n) is 4.23. The molecule has 2 N–H and O–H groups in total. The van der Waals surface area contributed by atoms with E-state index in [1.165, 1.54) is 0 Å². The Balaban J connectivity index is 3.09. The Morgan fingerprint density at radius 3 is 2.16 bits per heavy atom. The van der Waals surface area contributed by atoms with Crippen molar-refractivity contribution >= 4 is 5.78 Å². The van der Waals surface area contributed by atoms with Crippen molar-refractivity contribution in [1.29, 1.82) is 0 Å². The van der Waals surface area contributed by atoms with E-state index in [9.17, 15) is 15.0 Å². The summed E-state index contributed by atoms with van der Waals surface area (Å²) in [6, 6.07) is 0. The van der Waals surface area contributed by atoms with Crippen LogP contribution in [0.15, 0.2) is 0 Å². The summed E-state index contributed by atoms with van der Waals surface area (Å²) in [6.07, 6.45) is 2.54. The highest BCUT2D eigenvalue weighted by molar-refractivity contribution is 5.89. The monoisotopic (exact) mass is 270 g/mol. The molecule has 0 aliphatic heterocycles. The highest BCUT2D eigenvalue weighted by Gasteiger charge is 2.55. The molecule has 0 bridgehead atoms. The van der Waals surface area contributed by atoms with Gasteiger partial charge in [0.25, 0.3) is 0 Å². The number of hydrogen-bond acceptors (Lipinski definition) is 3. The molecule has 0 radical (unpaired) electrons. The predicted molar refractivity (Wildman–Crippen MR) is 76.8 cm³/mol. The fraction of sp³-hybridized carbons (Fsp3) is 0.938. The van der Waals surface area contributed by atoms with Crippen molar-refractivity contribution in [2.75, 3.05) is 0 Å². The zero-order valence-electron chi connectivity index (χ0n) is 13.1. The molecular formula is C16H30O3. The number of aliphatic hydroxyl groups is 2. The molecule has 0 aromatic rings. The van der Waals surface area contributed by atoms with Crippen LogP contribution >= 0.6 is 0 Å². The Bertz CT molecular complexity index is 312. The smallest absolute Gasteiger partial charge is 0.167 e. The van der Waals surface area contributed by atoms with E-state index in [0.717, 1.165) is 6.42 Å². The van der Waals surface area contributed by atoms with Gasteiger partial charge in [0.05, 0.1) is 0 Å². The lowest BCUT2D eigenvalue weighted by atomic mass is 9.64. The van der Waals surface area contributed by atoms with E-state index in [2.05, 4.69) is 0 Å². The van der Waals surface area contributed by atoms with Crippen molar-refractivity contribution in [3.63, 3.8) is 0 Å². The lowest BCUT2D eigenvalue weighted by Gasteiger charge is -2.47. The number of carbonyl (C=O) groups is 1. The standard InChI is InChI=1S/C16H30O3/c1-11(2)8-15(18,9-12(3)4)16(19)10-13(5)6-7-14(16)17/h11-13,18-19H,6-10H2,1-5H3/t13-,16+/m1/s1. The summed E-state index contributed by atoms with van der Waals surface area (Å²) in [5.74, 6) is 0.610. The van der Waals surface area contributed by atoms with Crippen molar-refractivity contribution in [3.05, 3.63) is 0 Å². The minimum atomic E-state index is -1.56. The number of Topliss-reactive ketones (excluding diaryl/α,β-unsaturated/α-hetero) is 1. The molecule has 0 unspecified atom stereocenters. The summed E-state index contributed by atoms with van der Waals surface area (Å²) in [6.45, 7) is 10.1. The maximum absolute atomic E-state index is 12.3. The Morgan fingerprint density at radius 2 is 1.74 bits per heavy atom. The Kier molecular flexibility index (Phi) is 5.19. The first-order chi connectivity index (χ1) is 8.60. The quantitative estimate of drug-likeness (QED) is 0.807. The number of carbonyl (C=O) groups excluding carboxylic acids is 1. The van der Waals surface area contributed by atoms with Crippen LogP contribution in [0.4, 0.5) is 0 Å². The van der Waals surface area contributed by atoms with Gasteiger partial charge in [-0.2, -0.15) is 0 Å². The van der Waals surface area contributed by atoms with E-state index in [4.69, 9.17) is 0 Å². The molecule has 0 aromatic heterocycles. The lowest BCUT2D eigenvalue weighted by Crippen LogP contribution is -2.62. The van der Waals surface area contributed by atoms with Gasteiger partial charge in [-0.05, 0) is 43.4 Å². The molecule has 1 aliphatic rings. The Labute approximate surface area is 117 Å². The fourth-order valence-electron chi connectivity index (χ4n) is 3.53. The van der Waals surface area contributed by atoms with Gasteiger partial charge in [0, 0.05) is 6.42 Å². The van der Waals surface area contributed by atoms with E-state index in [1.54, 1.807) is 0 Å². The predicted octanol–water partition coefficient (Wildman–Crippen LogP) is 2.93. The molecule has 1 fully saturated rings. The molecule has 2 atom stereocenters. The van der Waals surface area contributed by atoms with Crippen molar-refractivity contribution in [1.82, 2.24) is 0 Å². The van der Waals surface area contributed by atoms with Gasteiger partial charge in [-0.3, -0.25) is 4.79 Å². The number of rotatable bonds is 5. The Morgan fingerprint density at radius 1 is 1.26 bits per heavy atom. The Hall–Kier alpha value is -0.410. The van der Waals surface area contributed by atoms with Crippen LogP contribution in [0.5, 0.6) is 0 Å².